The van der Waals surface area contributed by atoms with E-state index in [0.717, 1.165) is 13.0 Å². The SMILES string of the molecule is CN(C)CCCNC(=O)NC(CC(=O)O)C(C)(C)C. The number of rotatable bonds is 7. The van der Waals surface area contributed by atoms with E-state index in [9.17, 15) is 9.59 Å². The largest absolute Gasteiger partial charge is 0.481 e. The maximum Gasteiger partial charge on any atom is 0.315 e. The number of carboxylic acids is 1. The summed E-state index contributed by atoms with van der Waals surface area (Å²) < 4.78 is 0. The van der Waals surface area contributed by atoms with Gasteiger partial charge in [-0.1, -0.05) is 20.8 Å². The van der Waals surface area contributed by atoms with Crippen LogP contribution in [0.15, 0.2) is 0 Å². The Morgan fingerprint density at radius 2 is 1.84 bits per heavy atom. The molecule has 0 fully saturated rings. The zero-order valence-electron chi connectivity index (χ0n) is 12.6. The third-order valence-electron chi connectivity index (χ3n) is 2.80. The van der Waals surface area contributed by atoms with Crippen LogP contribution in [0.4, 0.5) is 4.79 Å². The molecule has 2 amide bonds. The van der Waals surface area contributed by atoms with Gasteiger partial charge < -0.3 is 20.6 Å². The van der Waals surface area contributed by atoms with Gasteiger partial charge in [-0.15, -0.1) is 0 Å². The van der Waals surface area contributed by atoms with E-state index >= 15 is 0 Å². The topological polar surface area (TPSA) is 81.7 Å². The van der Waals surface area contributed by atoms with E-state index in [4.69, 9.17) is 5.11 Å². The van der Waals surface area contributed by atoms with Crippen molar-refractivity contribution in [1.82, 2.24) is 15.5 Å². The molecule has 0 rings (SSSR count). The van der Waals surface area contributed by atoms with Gasteiger partial charge in [0.15, 0.2) is 0 Å². The van der Waals surface area contributed by atoms with Crippen molar-refractivity contribution in [3.05, 3.63) is 0 Å². The molecule has 0 aromatic heterocycles. The molecule has 0 bridgehead atoms. The maximum absolute atomic E-state index is 11.7. The highest BCUT2D eigenvalue weighted by Crippen LogP contribution is 2.21. The fraction of sp³-hybridized carbons (Fsp3) is 0.846. The van der Waals surface area contributed by atoms with Gasteiger partial charge in [0.1, 0.15) is 0 Å². The summed E-state index contributed by atoms with van der Waals surface area (Å²) in [5.41, 5.74) is -0.292. The van der Waals surface area contributed by atoms with Crippen molar-refractivity contribution in [3.8, 4) is 0 Å². The Morgan fingerprint density at radius 3 is 2.26 bits per heavy atom. The molecule has 6 heteroatoms. The van der Waals surface area contributed by atoms with Gasteiger partial charge in [0.2, 0.25) is 0 Å². The lowest BCUT2D eigenvalue weighted by Crippen LogP contribution is -2.49. The zero-order valence-corrected chi connectivity index (χ0v) is 12.6. The van der Waals surface area contributed by atoms with Gasteiger partial charge in [-0.25, -0.2) is 4.79 Å². The maximum atomic E-state index is 11.7. The van der Waals surface area contributed by atoms with E-state index in [0.29, 0.717) is 6.54 Å². The average molecular weight is 273 g/mol. The molecular formula is C13H27N3O3. The first-order valence-corrected chi connectivity index (χ1v) is 6.54. The van der Waals surface area contributed by atoms with E-state index in [-0.39, 0.29) is 23.9 Å². The first-order valence-electron chi connectivity index (χ1n) is 6.54. The van der Waals surface area contributed by atoms with Gasteiger partial charge in [-0.2, -0.15) is 0 Å². The highest BCUT2D eigenvalue weighted by atomic mass is 16.4. The number of nitrogens with zero attached hydrogens (tertiary/aromatic N) is 1. The van der Waals surface area contributed by atoms with Crippen LogP contribution in [0.3, 0.4) is 0 Å². The summed E-state index contributed by atoms with van der Waals surface area (Å²) in [5, 5.41) is 14.3. The van der Waals surface area contributed by atoms with Gasteiger partial charge in [-0.3, -0.25) is 4.79 Å². The normalized spacial score (nSPS) is 13.2. The first-order chi connectivity index (χ1) is 8.62. The Hall–Kier alpha value is -1.30. The van der Waals surface area contributed by atoms with Gasteiger partial charge in [0.05, 0.1) is 6.42 Å². The van der Waals surface area contributed by atoms with E-state index in [1.165, 1.54) is 0 Å². The number of nitrogens with one attached hydrogen (secondary N) is 2. The number of aliphatic carboxylic acids is 1. The van der Waals surface area contributed by atoms with Crippen molar-refractivity contribution in [3.63, 3.8) is 0 Å². The van der Waals surface area contributed by atoms with Crippen LogP contribution in [0.2, 0.25) is 0 Å². The number of urea groups is 1. The van der Waals surface area contributed by atoms with Crippen LogP contribution in [0, 0.1) is 5.41 Å². The van der Waals surface area contributed by atoms with E-state index in [1.54, 1.807) is 0 Å². The summed E-state index contributed by atoms with van der Waals surface area (Å²) in [6.45, 7) is 7.21. The third-order valence-corrected chi connectivity index (χ3v) is 2.80. The van der Waals surface area contributed by atoms with E-state index in [2.05, 4.69) is 10.6 Å². The minimum atomic E-state index is -0.909. The van der Waals surface area contributed by atoms with Gasteiger partial charge in [0, 0.05) is 12.6 Å². The summed E-state index contributed by atoms with van der Waals surface area (Å²) in [6.07, 6.45) is 0.786. The molecule has 0 heterocycles. The Bertz CT molecular complexity index is 298. The third kappa shape index (κ3) is 9.30. The molecule has 112 valence electrons. The number of hydrogen-bond acceptors (Lipinski definition) is 3. The van der Waals surface area contributed by atoms with Gasteiger partial charge in [-0.05, 0) is 32.5 Å². The molecule has 6 nitrogen and oxygen atoms in total. The molecule has 0 aliphatic carbocycles. The molecule has 3 N–H and O–H groups in total. The predicted octanol–water partition coefficient (Wildman–Crippen LogP) is 1.13. The lowest BCUT2D eigenvalue weighted by molar-refractivity contribution is -0.138. The monoisotopic (exact) mass is 273 g/mol. The van der Waals surface area contributed by atoms with Crippen LogP contribution in [0.25, 0.3) is 0 Å². The Balaban J connectivity index is 4.14. The molecular weight excluding hydrogens is 246 g/mol. The second-order valence-corrected chi connectivity index (χ2v) is 6.07. The number of carbonyl (C=O) groups is 2. The zero-order chi connectivity index (χ0) is 15.1. The van der Waals surface area contributed by atoms with Crippen molar-refractivity contribution < 1.29 is 14.7 Å². The van der Waals surface area contributed by atoms with Crippen LogP contribution < -0.4 is 10.6 Å². The number of carboxylic acid groups (broad SMARTS) is 1. The summed E-state index contributed by atoms with van der Waals surface area (Å²) in [6, 6.07) is -0.696. The minimum Gasteiger partial charge on any atom is -0.481 e. The van der Waals surface area contributed by atoms with Crippen LogP contribution in [0.5, 0.6) is 0 Å². The second-order valence-electron chi connectivity index (χ2n) is 6.07. The number of carbonyl (C=O) groups excluding carboxylic acids is 1. The van der Waals surface area contributed by atoms with Gasteiger partial charge in [0.25, 0.3) is 0 Å². The first kappa shape index (κ1) is 17.7. The quantitative estimate of drug-likeness (QED) is 0.607. The Morgan fingerprint density at radius 1 is 1.26 bits per heavy atom. The van der Waals surface area contributed by atoms with Crippen LogP contribution in [-0.4, -0.2) is 55.2 Å². The Kier molecular flexibility index (Phi) is 7.44. The number of hydrogen-bond donors (Lipinski definition) is 3. The number of amides is 2. The smallest absolute Gasteiger partial charge is 0.315 e. The van der Waals surface area contributed by atoms with E-state index < -0.39 is 5.97 Å². The van der Waals surface area contributed by atoms with Crippen LogP contribution >= 0.6 is 0 Å². The molecule has 1 unspecified atom stereocenters. The molecule has 0 radical (unpaired) electrons. The predicted molar refractivity (Wildman–Crippen MR) is 75.2 cm³/mol. The standard InChI is InChI=1S/C13H27N3O3/c1-13(2,3)10(9-11(17)18)15-12(19)14-7-6-8-16(4)5/h10H,6-9H2,1-5H3,(H,17,18)(H2,14,15,19). The Labute approximate surface area is 115 Å². The van der Waals surface area contributed by atoms with Crippen molar-refractivity contribution >= 4 is 12.0 Å². The summed E-state index contributed by atoms with van der Waals surface area (Å²) in [4.78, 5) is 24.5. The second kappa shape index (κ2) is 7.99. The van der Waals surface area contributed by atoms with Crippen molar-refractivity contribution in [1.29, 1.82) is 0 Å². The average Bonchev–Trinajstić information content (AvgIpc) is 2.21. The highest BCUT2D eigenvalue weighted by molar-refractivity contribution is 5.75. The summed E-state index contributed by atoms with van der Waals surface area (Å²) in [7, 11) is 3.95. The van der Waals surface area contributed by atoms with Crippen LogP contribution in [-0.2, 0) is 4.79 Å². The summed E-state index contributed by atoms with van der Waals surface area (Å²) >= 11 is 0. The van der Waals surface area contributed by atoms with Crippen LogP contribution in [0.1, 0.15) is 33.6 Å². The van der Waals surface area contributed by atoms with Gasteiger partial charge >= 0.3 is 12.0 Å². The fourth-order valence-electron chi connectivity index (χ4n) is 1.55. The molecule has 0 saturated carbocycles. The molecule has 0 aliphatic heterocycles. The van der Waals surface area contributed by atoms with E-state index in [1.807, 2.05) is 39.8 Å². The molecule has 0 aromatic carbocycles. The molecule has 0 aromatic rings. The minimum absolute atomic E-state index is 0.0748. The van der Waals surface area contributed by atoms with Crippen molar-refractivity contribution in [2.75, 3.05) is 27.2 Å². The highest BCUT2D eigenvalue weighted by Gasteiger charge is 2.28. The molecule has 19 heavy (non-hydrogen) atoms. The fourth-order valence-corrected chi connectivity index (χ4v) is 1.55. The molecule has 1 atom stereocenters. The molecule has 0 aliphatic rings. The van der Waals surface area contributed by atoms with Crippen molar-refractivity contribution in [2.45, 2.75) is 39.7 Å². The lowest BCUT2D eigenvalue weighted by Gasteiger charge is -2.30. The van der Waals surface area contributed by atoms with Crippen molar-refractivity contribution in [2.24, 2.45) is 5.41 Å². The lowest BCUT2D eigenvalue weighted by atomic mass is 9.85. The molecule has 0 spiro atoms. The summed E-state index contributed by atoms with van der Waals surface area (Å²) in [5.74, 6) is -0.909. The molecule has 0 saturated heterocycles.